The molecule has 18 heavy (non-hydrogen) atoms. The maximum Gasteiger partial charge on any atom is 0.223 e. The van der Waals surface area contributed by atoms with Gasteiger partial charge in [0, 0.05) is 24.5 Å². The summed E-state index contributed by atoms with van der Waals surface area (Å²) in [7, 11) is 0. The third-order valence-corrected chi connectivity index (χ3v) is 3.53. The minimum absolute atomic E-state index is 0.142. The van der Waals surface area contributed by atoms with Crippen molar-refractivity contribution in [3.05, 3.63) is 34.9 Å². The van der Waals surface area contributed by atoms with Crippen LogP contribution in [-0.4, -0.2) is 36.6 Å². The Morgan fingerprint density at radius 3 is 3.00 bits per heavy atom. The van der Waals surface area contributed by atoms with Crippen LogP contribution in [0.15, 0.2) is 24.3 Å². The lowest BCUT2D eigenvalue weighted by molar-refractivity contribution is -0.138. The smallest absolute Gasteiger partial charge is 0.223 e. The molecule has 0 bridgehead atoms. The van der Waals surface area contributed by atoms with Crippen molar-refractivity contribution < 1.29 is 9.53 Å². The third-order valence-electron chi connectivity index (χ3n) is 3.16. The number of hydrogen-bond donors (Lipinski definition) is 0. The summed E-state index contributed by atoms with van der Waals surface area (Å²) in [6, 6.07) is 7.68. The quantitative estimate of drug-likeness (QED) is 0.842. The van der Waals surface area contributed by atoms with Gasteiger partial charge in [-0.25, -0.2) is 0 Å². The lowest BCUT2D eigenvalue weighted by Crippen LogP contribution is -2.44. The van der Waals surface area contributed by atoms with Gasteiger partial charge in [0.1, 0.15) is 0 Å². The Bertz CT molecular complexity index is 422. The number of carbonyl (C=O) groups excluding carboxylic acids is 1. The zero-order valence-corrected chi connectivity index (χ0v) is 11.3. The molecule has 0 aliphatic carbocycles. The summed E-state index contributed by atoms with van der Waals surface area (Å²) in [6.07, 6.45) is 1.35. The Balaban J connectivity index is 1.86. The minimum Gasteiger partial charge on any atom is -0.375 e. The molecule has 0 N–H and O–H groups in total. The zero-order chi connectivity index (χ0) is 13.0. The molecule has 1 heterocycles. The highest BCUT2D eigenvalue weighted by Crippen LogP contribution is 2.17. The number of hydrogen-bond acceptors (Lipinski definition) is 2. The Hall–Kier alpha value is -1.06. The number of halogens is 1. The molecule has 2 rings (SSSR count). The summed E-state index contributed by atoms with van der Waals surface area (Å²) < 4.78 is 5.43. The van der Waals surface area contributed by atoms with Crippen LogP contribution in [0.25, 0.3) is 0 Å². The van der Waals surface area contributed by atoms with E-state index in [9.17, 15) is 4.79 Å². The number of amides is 1. The summed E-state index contributed by atoms with van der Waals surface area (Å²) in [6.45, 7) is 4.03. The first-order valence-corrected chi connectivity index (χ1v) is 6.67. The Morgan fingerprint density at radius 2 is 2.28 bits per heavy atom. The van der Waals surface area contributed by atoms with Crippen LogP contribution in [0.4, 0.5) is 0 Å². The van der Waals surface area contributed by atoms with Crippen LogP contribution in [0.3, 0.4) is 0 Å². The highest BCUT2D eigenvalue weighted by atomic mass is 35.5. The van der Waals surface area contributed by atoms with Crippen LogP contribution >= 0.6 is 11.6 Å². The average Bonchev–Trinajstić information content (AvgIpc) is 2.37. The highest BCUT2D eigenvalue weighted by molar-refractivity contribution is 6.31. The van der Waals surface area contributed by atoms with E-state index in [2.05, 4.69) is 0 Å². The van der Waals surface area contributed by atoms with Crippen LogP contribution in [0.5, 0.6) is 0 Å². The zero-order valence-electron chi connectivity index (χ0n) is 10.6. The molecule has 0 aromatic heterocycles. The van der Waals surface area contributed by atoms with E-state index in [-0.39, 0.29) is 12.0 Å². The van der Waals surface area contributed by atoms with Gasteiger partial charge in [-0.05, 0) is 25.0 Å². The Labute approximate surface area is 113 Å². The SMILES string of the molecule is CC1CN(C(=O)CCc2ccccc2Cl)CCO1. The van der Waals surface area contributed by atoms with E-state index < -0.39 is 0 Å². The molecule has 3 nitrogen and oxygen atoms in total. The lowest BCUT2D eigenvalue weighted by atomic mass is 10.1. The standard InChI is InChI=1S/C14H18ClNO2/c1-11-10-16(8-9-18-11)14(17)7-6-12-4-2-3-5-13(12)15/h2-5,11H,6-10H2,1H3. The maximum atomic E-state index is 12.1. The van der Waals surface area contributed by atoms with Gasteiger partial charge in [0.2, 0.25) is 5.91 Å². The second-order valence-electron chi connectivity index (χ2n) is 4.61. The monoisotopic (exact) mass is 267 g/mol. The van der Waals surface area contributed by atoms with E-state index in [0.29, 0.717) is 32.5 Å². The van der Waals surface area contributed by atoms with Gasteiger partial charge >= 0.3 is 0 Å². The van der Waals surface area contributed by atoms with Crippen molar-refractivity contribution in [1.29, 1.82) is 0 Å². The third kappa shape index (κ3) is 3.47. The van der Waals surface area contributed by atoms with Gasteiger partial charge in [0.15, 0.2) is 0 Å². The number of benzene rings is 1. The number of carbonyl (C=O) groups is 1. The molecular formula is C14H18ClNO2. The van der Waals surface area contributed by atoms with Crippen molar-refractivity contribution >= 4 is 17.5 Å². The van der Waals surface area contributed by atoms with Crippen LogP contribution in [0.2, 0.25) is 5.02 Å². The molecule has 1 unspecified atom stereocenters. The van der Waals surface area contributed by atoms with Crippen molar-refractivity contribution in [2.24, 2.45) is 0 Å². The molecule has 1 aromatic carbocycles. The van der Waals surface area contributed by atoms with Crippen LogP contribution in [0.1, 0.15) is 18.9 Å². The van der Waals surface area contributed by atoms with Crippen molar-refractivity contribution in [1.82, 2.24) is 4.90 Å². The molecule has 1 aliphatic heterocycles. The fourth-order valence-corrected chi connectivity index (χ4v) is 2.38. The van der Waals surface area contributed by atoms with Gasteiger partial charge in [-0.15, -0.1) is 0 Å². The molecule has 0 spiro atoms. The first kappa shape index (κ1) is 13.4. The van der Waals surface area contributed by atoms with E-state index in [4.69, 9.17) is 16.3 Å². The van der Waals surface area contributed by atoms with Crippen LogP contribution < -0.4 is 0 Å². The minimum atomic E-state index is 0.142. The van der Waals surface area contributed by atoms with Crippen LogP contribution in [-0.2, 0) is 16.0 Å². The number of rotatable bonds is 3. The van der Waals surface area contributed by atoms with Gasteiger partial charge in [-0.1, -0.05) is 29.8 Å². The predicted molar refractivity (Wildman–Crippen MR) is 71.8 cm³/mol. The van der Waals surface area contributed by atoms with Gasteiger partial charge < -0.3 is 9.64 Å². The second kappa shape index (κ2) is 6.21. The molecule has 1 amide bonds. The molecule has 0 radical (unpaired) electrons. The molecule has 98 valence electrons. The lowest BCUT2D eigenvalue weighted by Gasteiger charge is -2.31. The largest absolute Gasteiger partial charge is 0.375 e. The summed E-state index contributed by atoms with van der Waals surface area (Å²) in [5, 5.41) is 0.737. The molecule has 1 saturated heterocycles. The predicted octanol–water partition coefficient (Wildman–Crippen LogP) is 2.52. The van der Waals surface area contributed by atoms with Crippen molar-refractivity contribution in [3.63, 3.8) is 0 Å². The maximum absolute atomic E-state index is 12.1. The molecule has 0 saturated carbocycles. The summed E-state index contributed by atoms with van der Waals surface area (Å²) in [4.78, 5) is 13.9. The van der Waals surface area contributed by atoms with E-state index in [1.807, 2.05) is 36.1 Å². The Morgan fingerprint density at radius 1 is 1.50 bits per heavy atom. The number of ether oxygens (including phenoxy) is 1. The van der Waals surface area contributed by atoms with Crippen molar-refractivity contribution in [2.75, 3.05) is 19.7 Å². The molecule has 1 atom stereocenters. The summed E-state index contributed by atoms with van der Waals surface area (Å²) >= 11 is 6.07. The highest BCUT2D eigenvalue weighted by Gasteiger charge is 2.20. The first-order chi connectivity index (χ1) is 8.66. The topological polar surface area (TPSA) is 29.5 Å². The van der Waals surface area contributed by atoms with E-state index in [1.54, 1.807) is 0 Å². The van der Waals surface area contributed by atoms with E-state index in [0.717, 1.165) is 10.6 Å². The number of nitrogens with zero attached hydrogens (tertiary/aromatic N) is 1. The first-order valence-electron chi connectivity index (χ1n) is 6.29. The second-order valence-corrected chi connectivity index (χ2v) is 5.02. The van der Waals surface area contributed by atoms with Gasteiger partial charge in [-0.2, -0.15) is 0 Å². The molecular weight excluding hydrogens is 250 g/mol. The average molecular weight is 268 g/mol. The summed E-state index contributed by atoms with van der Waals surface area (Å²) in [5.41, 5.74) is 1.04. The summed E-state index contributed by atoms with van der Waals surface area (Å²) in [5.74, 6) is 0.185. The Kier molecular flexibility index (Phi) is 4.61. The molecule has 1 aliphatic rings. The van der Waals surface area contributed by atoms with Gasteiger partial charge in [0.25, 0.3) is 0 Å². The normalized spacial score (nSPS) is 19.9. The van der Waals surface area contributed by atoms with Crippen molar-refractivity contribution in [2.45, 2.75) is 25.9 Å². The molecule has 1 aromatic rings. The molecule has 4 heteroatoms. The van der Waals surface area contributed by atoms with Gasteiger partial charge in [0.05, 0.1) is 12.7 Å². The van der Waals surface area contributed by atoms with E-state index in [1.165, 1.54) is 0 Å². The van der Waals surface area contributed by atoms with Gasteiger partial charge in [-0.3, -0.25) is 4.79 Å². The molecule has 1 fully saturated rings. The van der Waals surface area contributed by atoms with Crippen molar-refractivity contribution in [3.8, 4) is 0 Å². The number of aryl methyl sites for hydroxylation is 1. The number of morpholine rings is 1. The van der Waals surface area contributed by atoms with E-state index >= 15 is 0 Å². The van der Waals surface area contributed by atoms with Crippen LogP contribution in [0, 0.1) is 0 Å². The fraction of sp³-hybridized carbons (Fsp3) is 0.500. The fourth-order valence-electron chi connectivity index (χ4n) is 2.15.